The van der Waals surface area contributed by atoms with Crippen molar-refractivity contribution < 1.29 is 0 Å². The fourth-order valence-electron chi connectivity index (χ4n) is 2.03. The van der Waals surface area contributed by atoms with Crippen LogP contribution in [0.3, 0.4) is 0 Å². The minimum absolute atomic E-state index is 0.446. The molecule has 0 aromatic carbocycles. The Morgan fingerprint density at radius 2 is 2.21 bits per heavy atom. The van der Waals surface area contributed by atoms with Gasteiger partial charge < -0.3 is 10.6 Å². The van der Waals surface area contributed by atoms with E-state index in [-0.39, 0.29) is 0 Å². The molecule has 0 bridgehead atoms. The summed E-state index contributed by atoms with van der Waals surface area (Å²) in [6.45, 7) is 7.36. The third kappa shape index (κ3) is 1.60. The average Bonchev–Trinajstić information content (AvgIpc) is 2.14. The van der Waals surface area contributed by atoms with Crippen molar-refractivity contribution in [1.29, 1.82) is 0 Å². The minimum atomic E-state index is 0.446. The van der Waals surface area contributed by atoms with Crippen molar-refractivity contribution in [2.75, 3.05) is 18.0 Å². The lowest BCUT2D eigenvalue weighted by Crippen LogP contribution is -2.53. The predicted molar refractivity (Wildman–Crippen MR) is 58.1 cm³/mol. The molecule has 0 radical (unpaired) electrons. The summed E-state index contributed by atoms with van der Waals surface area (Å²) < 4.78 is 0. The van der Waals surface area contributed by atoms with Gasteiger partial charge in [-0.05, 0) is 17.0 Å². The monoisotopic (exact) mass is 191 g/mol. The number of nitrogens with two attached hydrogens (primary N) is 1. The summed E-state index contributed by atoms with van der Waals surface area (Å²) in [5.74, 6) is 0. The van der Waals surface area contributed by atoms with Crippen molar-refractivity contribution >= 4 is 5.69 Å². The first-order valence-corrected chi connectivity index (χ1v) is 5.00. The molecule has 0 unspecified atom stereocenters. The highest BCUT2D eigenvalue weighted by Crippen LogP contribution is 2.34. The van der Waals surface area contributed by atoms with E-state index >= 15 is 0 Å². The number of pyridine rings is 1. The molecule has 1 aromatic heterocycles. The lowest BCUT2D eigenvalue weighted by Gasteiger charge is -2.47. The molecule has 0 aliphatic carbocycles. The van der Waals surface area contributed by atoms with Crippen molar-refractivity contribution in [2.45, 2.75) is 20.4 Å². The van der Waals surface area contributed by atoms with Gasteiger partial charge in [-0.15, -0.1) is 0 Å². The van der Waals surface area contributed by atoms with E-state index in [0.717, 1.165) is 13.1 Å². The minimum Gasteiger partial charge on any atom is -0.369 e. The zero-order valence-electron chi connectivity index (χ0n) is 8.83. The molecule has 2 heterocycles. The van der Waals surface area contributed by atoms with Crippen LogP contribution in [0.15, 0.2) is 18.5 Å². The maximum atomic E-state index is 5.68. The second kappa shape index (κ2) is 3.24. The van der Waals surface area contributed by atoms with Gasteiger partial charge in [-0.3, -0.25) is 4.98 Å². The molecular formula is C11H17N3. The molecule has 0 spiro atoms. The number of aromatic nitrogens is 1. The fourth-order valence-corrected chi connectivity index (χ4v) is 2.03. The molecule has 1 aliphatic rings. The fraction of sp³-hybridized carbons (Fsp3) is 0.545. The summed E-state index contributed by atoms with van der Waals surface area (Å²) in [6, 6.07) is 2.00. The zero-order chi connectivity index (χ0) is 10.2. The van der Waals surface area contributed by atoms with E-state index < -0.39 is 0 Å². The molecule has 2 N–H and O–H groups in total. The number of nitrogens with zero attached hydrogens (tertiary/aromatic N) is 2. The molecular weight excluding hydrogens is 174 g/mol. The number of rotatable bonds is 2. The Morgan fingerprint density at radius 1 is 1.50 bits per heavy atom. The molecule has 1 aromatic rings. The van der Waals surface area contributed by atoms with Gasteiger partial charge >= 0.3 is 0 Å². The van der Waals surface area contributed by atoms with Crippen LogP contribution in [0, 0.1) is 5.41 Å². The Hall–Kier alpha value is -1.09. The quantitative estimate of drug-likeness (QED) is 0.768. The maximum absolute atomic E-state index is 5.68. The second-order valence-electron chi connectivity index (χ2n) is 4.73. The highest BCUT2D eigenvalue weighted by molar-refractivity contribution is 5.54. The smallest absolute Gasteiger partial charge is 0.0598 e. The number of anilines is 1. The molecule has 0 saturated carbocycles. The molecule has 3 heteroatoms. The molecule has 0 amide bonds. The third-order valence-corrected chi connectivity index (χ3v) is 2.69. The zero-order valence-corrected chi connectivity index (χ0v) is 8.83. The Bertz CT molecular complexity index is 325. The van der Waals surface area contributed by atoms with Crippen LogP contribution in [0.1, 0.15) is 19.4 Å². The van der Waals surface area contributed by atoms with Crippen LogP contribution in [0.4, 0.5) is 5.69 Å². The van der Waals surface area contributed by atoms with Crippen LogP contribution in [0.2, 0.25) is 0 Å². The van der Waals surface area contributed by atoms with Gasteiger partial charge in [0.1, 0.15) is 0 Å². The Kier molecular flexibility index (Phi) is 2.19. The SMILES string of the molecule is CC1(C)CN(c2cnccc2CN)C1. The molecule has 3 nitrogen and oxygen atoms in total. The largest absolute Gasteiger partial charge is 0.369 e. The van der Waals surface area contributed by atoms with Gasteiger partial charge in [0.15, 0.2) is 0 Å². The van der Waals surface area contributed by atoms with Gasteiger partial charge in [-0.25, -0.2) is 0 Å². The van der Waals surface area contributed by atoms with E-state index in [1.54, 1.807) is 6.20 Å². The lowest BCUT2D eigenvalue weighted by molar-refractivity contribution is 0.276. The molecule has 1 fully saturated rings. The molecule has 76 valence electrons. The van der Waals surface area contributed by atoms with Crippen LogP contribution in [0.25, 0.3) is 0 Å². The van der Waals surface area contributed by atoms with Crippen molar-refractivity contribution in [3.05, 3.63) is 24.0 Å². The lowest BCUT2D eigenvalue weighted by atomic mass is 9.84. The summed E-state index contributed by atoms with van der Waals surface area (Å²) in [6.07, 6.45) is 3.72. The van der Waals surface area contributed by atoms with E-state index in [9.17, 15) is 0 Å². The molecule has 1 saturated heterocycles. The van der Waals surface area contributed by atoms with Crippen molar-refractivity contribution in [3.63, 3.8) is 0 Å². The van der Waals surface area contributed by atoms with E-state index in [2.05, 4.69) is 23.7 Å². The summed E-state index contributed by atoms with van der Waals surface area (Å²) in [4.78, 5) is 6.49. The first kappa shape index (κ1) is 9.46. The Balaban J connectivity index is 2.18. The molecule has 14 heavy (non-hydrogen) atoms. The van der Waals surface area contributed by atoms with Crippen LogP contribution in [0.5, 0.6) is 0 Å². The number of hydrogen-bond donors (Lipinski definition) is 1. The predicted octanol–water partition coefficient (Wildman–Crippen LogP) is 1.39. The first-order chi connectivity index (χ1) is 6.62. The van der Waals surface area contributed by atoms with Crippen LogP contribution in [-0.2, 0) is 6.54 Å². The van der Waals surface area contributed by atoms with Gasteiger partial charge in [0.05, 0.1) is 11.9 Å². The normalized spacial score (nSPS) is 19.2. The summed E-state index contributed by atoms with van der Waals surface area (Å²) in [7, 11) is 0. The highest BCUT2D eigenvalue weighted by atomic mass is 15.2. The third-order valence-electron chi connectivity index (χ3n) is 2.69. The van der Waals surface area contributed by atoms with Crippen molar-refractivity contribution in [1.82, 2.24) is 4.98 Å². The van der Waals surface area contributed by atoms with E-state index in [0.29, 0.717) is 12.0 Å². The van der Waals surface area contributed by atoms with Crippen LogP contribution >= 0.6 is 0 Å². The maximum Gasteiger partial charge on any atom is 0.0598 e. The van der Waals surface area contributed by atoms with Gasteiger partial charge in [0, 0.05) is 25.8 Å². The van der Waals surface area contributed by atoms with E-state index in [1.165, 1.54) is 11.3 Å². The van der Waals surface area contributed by atoms with Gasteiger partial charge in [-0.1, -0.05) is 13.8 Å². The van der Waals surface area contributed by atoms with E-state index in [4.69, 9.17) is 5.73 Å². The Morgan fingerprint density at radius 3 is 2.79 bits per heavy atom. The highest BCUT2D eigenvalue weighted by Gasteiger charge is 2.34. The molecule has 2 rings (SSSR count). The number of hydrogen-bond acceptors (Lipinski definition) is 3. The molecule has 1 aliphatic heterocycles. The second-order valence-corrected chi connectivity index (χ2v) is 4.73. The Labute approximate surface area is 84.9 Å². The van der Waals surface area contributed by atoms with Crippen molar-refractivity contribution in [3.8, 4) is 0 Å². The summed E-state index contributed by atoms with van der Waals surface area (Å²) in [5, 5.41) is 0. The standard InChI is InChI=1S/C11H17N3/c1-11(2)7-14(8-11)10-6-13-4-3-9(10)5-12/h3-4,6H,5,7-8,12H2,1-2H3. The topological polar surface area (TPSA) is 42.2 Å². The van der Waals surface area contributed by atoms with Crippen LogP contribution in [-0.4, -0.2) is 18.1 Å². The van der Waals surface area contributed by atoms with Crippen molar-refractivity contribution in [2.24, 2.45) is 11.1 Å². The van der Waals surface area contributed by atoms with Crippen LogP contribution < -0.4 is 10.6 Å². The van der Waals surface area contributed by atoms with E-state index in [1.807, 2.05) is 12.3 Å². The summed E-state index contributed by atoms with van der Waals surface area (Å²) >= 11 is 0. The van der Waals surface area contributed by atoms with Gasteiger partial charge in [0.2, 0.25) is 0 Å². The average molecular weight is 191 g/mol. The molecule has 0 atom stereocenters. The summed E-state index contributed by atoms with van der Waals surface area (Å²) in [5.41, 5.74) is 8.52. The first-order valence-electron chi connectivity index (χ1n) is 5.00. The van der Waals surface area contributed by atoms with Gasteiger partial charge in [-0.2, -0.15) is 0 Å². The van der Waals surface area contributed by atoms with Gasteiger partial charge in [0.25, 0.3) is 0 Å².